The SMILES string of the molecule is c1ccc(-c2cccc(-c3ccccc3)c2C2C3CCCCC3C(c3c(-c4ccccc4)cccc3-c3ccccc3)C3C4CCC5C6CCC7CCC8CCC(C9CCC(C4C95)C23)C6C87)cc1. The van der Waals surface area contributed by atoms with E-state index in [2.05, 4.69) is 158 Å². The molecule has 6 aromatic rings. The lowest BCUT2D eigenvalue weighted by molar-refractivity contribution is -0.169. The fourth-order valence-corrected chi connectivity index (χ4v) is 21.2. The molecule has 0 aromatic heterocycles. The highest BCUT2D eigenvalue weighted by Crippen LogP contribution is 2.78. The molecule has 9 saturated carbocycles. The van der Waals surface area contributed by atoms with Gasteiger partial charge in [0.25, 0.3) is 0 Å². The van der Waals surface area contributed by atoms with Gasteiger partial charge in [-0.05, 0) is 239 Å². The quantitative estimate of drug-likeness (QED) is 0.156. The Balaban J connectivity index is 0.975. The summed E-state index contributed by atoms with van der Waals surface area (Å²) in [4.78, 5) is 0. The molecule has 0 spiro atoms. The van der Waals surface area contributed by atoms with Crippen molar-refractivity contribution in [2.24, 2.45) is 94.7 Å². The zero-order valence-corrected chi connectivity index (χ0v) is 40.3. The summed E-state index contributed by atoms with van der Waals surface area (Å²) < 4.78 is 0. The average molecular weight is 889 g/mol. The van der Waals surface area contributed by atoms with Crippen LogP contribution in [0.5, 0.6) is 0 Å². The maximum Gasteiger partial charge on any atom is -0.00844 e. The van der Waals surface area contributed by atoms with Gasteiger partial charge in [0.1, 0.15) is 0 Å². The van der Waals surface area contributed by atoms with Crippen molar-refractivity contribution in [2.45, 2.75) is 102 Å². The third kappa shape index (κ3) is 6.10. The molecule has 0 amide bonds. The lowest BCUT2D eigenvalue weighted by Gasteiger charge is -2.65. The van der Waals surface area contributed by atoms with Crippen LogP contribution in [0.2, 0.25) is 0 Å². The van der Waals surface area contributed by atoms with Crippen LogP contribution in [-0.2, 0) is 0 Å². The highest BCUT2D eigenvalue weighted by atomic mass is 14.7. The van der Waals surface area contributed by atoms with Crippen molar-refractivity contribution in [3.63, 3.8) is 0 Å². The first-order valence-corrected chi connectivity index (χ1v) is 28.3. The summed E-state index contributed by atoms with van der Waals surface area (Å²) in [5.41, 5.74) is 15.2. The fraction of sp³-hybridized carbons (Fsp3) is 0.471. The molecule has 0 heteroatoms. The molecule has 14 unspecified atom stereocenters. The number of hydrogen-bond acceptors (Lipinski definition) is 0. The lowest BCUT2D eigenvalue weighted by atomic mass is 9.40. The Morgan fingerprint density at radius 1 is 0.221 bits per heavy atom. The number of benzene rings is 6. The average Bonchev–Trinajstić information content (AvgIpc) is 4.00. The molecule has 9 aliphatic rings. The van der Waals surface area contributed by atoms with E-state index < -0.39 is 0 Å². The van der Waals surface area contributed by atoms with E-state index in [1.165, 1.54) is 95.9 Å². The van der Waals surface area contributed by atoms with Crippen LogP contribution >= 0.6 is 0 Å². The highest BCUT2D eigenvalue weighted by Gasteiger charge is 2.70. The second-order valence-corrected chi connectivity index (χ2v) is 24.5. The van der Waals surface area contributed by atoms with E-state index in [1.807, 2.05) is 0 Å². The second kappa shape index (κ2) is 16.5. The van der Waals surface area contributed by atoms with E-state index in [4.69, 9.17) is 0 Å². The molecule has 0 aliphatic heterocycles. The van der Waals surface area contributed by atoms with Gasteiger partial charge in [0.2, 0.25) is 0 Å². The van der Waals surface area contributed by atoms with Crippen LogP contribution < -0.4 is 0 Å². The van der Waals surface area contributed by atoms with Crippen molar-refractivity contribution in [2.75, 3.05) is 0 Å². The maximum atomic E-state index is 2.56. The number of fused-ring (bicyclic) bond motifs is 6. The largest absolute Gasteiger partial charge is 0.0622 e. The van der Waals surface area contributed by atoms with E-state index in [1.54, 1.807) is 49.7 Å². The van der Waals surface area contributed by atoms with Crippen molar-refractivity contribution < 1.29 is 0 Å². The van der Waals surface area contributed by atoms with E-state index in [0.29, 0.717) is 35.5 Å². The summed E-state index contributed by atoms with van der Waals surface area (Å²) in [5, 5.41) is 0. The molecule has 0 saturated heterocycles. The van der Waals surface area contributed by atoms with E-state index in [9.17, 15) is 0 Å². The molecule has 15 rings (SSSR count). The predicted octanol–water partition coefficient (Wildman–Crippen LogP) is 17.7. The van der Waals surface area contributed by atoms with Gasteiger partial charge in [0, 0.05) is 0 Å². The standard InChI is InChI=1S/C68H72/c1-5-17-41(18-6-1)47-27-15-28-48(42-19-7-2-8-20-42)60(47)65-51-25-13-14-26-52(51)66(61-49(43-21-9-3-10-22-43)29-16-30-50(61)44-23-11-4-12-24-44)68-58-40-38-56-54-36-34-46-32-31-45-33-35-53(62(54)59(45)46)55-37-39-57(67(65)68)64(58)63(55)56/h1-12,15-24,27-30,45-46,51-59,62-68H,13-14,25-26,31-40H2. The molecule has 0 radical (unpaired) electrons. The van der Waals surface area contributed by atoms with E-state index in [0.717, 1.165) is 71.0 Å². The van der Waals surface area contributed by atoms with Crippen LogP contribution in [0, 0.1) is 94.7 Å². The molecule has 0 N–H and O–H groups in total. The van der Waals surface area contributed by atoms with Gasteiger partial charge in [-0.1, -0.05) is 171 Å². The van der Waals surface area contributed by atoms with Gasteiger partial charge >= 0.3 is 0 Å². The summed E-state index contributed by atoms with van der Waals surface area (Å²) in [6.45, 7) is 0. The minimum atomic E-state index is 0.559. The topological polar surface area (TPSA) is 0 Å². The van der Waals surface area contributed by atoms with Gasteiger partial charge in [-0.3, -0.25) is 0 Å². The van der Waals surface area contributed by atoms with Crippen molar-refractivity contribution in [1.82, 2.24) is 0 Å². The molecule has 68 heavy (non-hydrogen) atoms. The normalized spacial score (nSPS) is 39.2. The van der Waals surface area contributed by atoms with E-state index in [-0.39, 0.29) is 0 Å². The summed E-state index contributed by atoms with van der Waals surface area (Å²) >= 11 is 0. The third-order valence-corrected chi connectivity index (χ3v) is 22.6. The minimum absolute atomic E-state index is 0.559. The maximum absolute atomic E-state index is 2.56. The zero-order valence-electron chi connectivity index (χ0n) is 40.3. The number of hydrogen-bond donors (Lipinski definition) is 0. The molecule has 14 atom stereocenters. The van der Waals surface area contributed by atoms with Gasteiger partial charge in [0.15, 0.2) is 0 Å². The fourth-order valence-electron chi connectivity index (χ4n) is 21.2. The molecular formula is C68H72. The molecule has 9 fully saturated rings. The first-order valence-electron chi connectivity index (χ1n) is 28.3. The lowest BCUT2D eigenvalue weighted by Crippen LogP contribution is -2.59. The Labute approximate surface area is 407 Å². The first kappa shape index (κ1) is 41.1. The van der Waals surface area contributed by atoms with E-state index >= 15 is 0 Å². The zero-order chi connectivity index (χ0) is 44.5. The summed E-state index contributed by atoms with van der Waals surface area (Å²) in [5.74, 6) is 15.6. The first-order chi connectivity index (χ1) is 33.8. The summed E-state index contributed by atoms with van der Waals surface area (Å²) in [6.07, 6.45) is 20.9. The Morgan fingerprint density at radius 2 is 0.515 bits per heavy atom. The van der Waals surface area contributed by atoms with Crippen LogP contribution in [-0.4, -0.2) is 0 Å². The molecule has 0 bridgehead atoms. The Morgan fingerprint density at radius 3 is 0.882 bits per heavy atom. The third-order valence-electron chi connectivity index (χ3n) is 22.6. The molecular weight excluding hydrogens is 817 g/mol. The Hall–Kier alpha value is -4.68. The monoisotopic (exact) mass is 889 g/mol. The van der Waals surface area contributed by atoms with Crippen molar-refractivity contribution >= 4 is 0 Å². The van der Waals surface area contributed by atoms with Gasteiger partial charge < -0.3 is 0 Å². The summed E-state index contributed by atoms with van der Waals surface area (Å²) in [7, 11) is 0. The Kier molecular flexibility index (Phi) is 9.96. The number of rotatable bonds is 6. The van der Waals surface area contributed by atoms with Gasteiger partial charge in [-0.2, -0.15) is 0 Å². The van der Waals surface area contributed by atoms with Crippen molar-refractivity contribution in [3.8, 4) is 44.5 Å². The van der Waals surface area contributed by atoms with Crippen LogP contribution in [0.1, 0.15) is 113 Å². The Bertz CT molecular complexity index is 2470. The smallest absolute Gasteiger partial charge is 0.00844 e. The van der Waals surface area contributed by atoms with Crippen LogP contribution in [0.3, 0.4) is 0 Å². The minimum Gasteiger partial charge on any atom is -0.0622 e. The second-order valence-electron chi connectivity index (χ2n) is 24.5. The van der Waals surface area contributed by atoms with Crippen molar-refractivity contribution in [3.05, 3.63) is 169 Å². The van der Waals surface area contributed by atoms with Crippen LogP contribution in [0.15, 0.2) is 158 Å². The molecule has 344 valence electrons. The molecule has 0 nitrogen and oxygen atoms in total. The molecule has 0 heterocycles. The molecule has 6 aromatic carbocycles. The van der Waals surface area contributed by atoms with Crippen LogP contribution in [0.4, 0.5) is 0 Å². The van der Waals surface area contributed by atoms with Gasteiger partial charge in [-0.25, -0.2) is 0 Å². The highest BCUT2D eigenvalue weighted by molar-refractivity contribution is 5.82. The summed E-state index contributed by atoms with van der Waals surface area (Å²) in [6, 6.07) is 61.9. The van der Waals surface area contributed by atoms with Gasteiger partial charge in [0.05, 0.1) is 0 Å². The predicted molar refractivity (Wildman–Crippen MR) is 281 cm³/mol. The van der Waals surface area contributed by atoms with Crippen molar-refractivity contribution in [1.29, 1.82) is 0 Å². The van der Waals surface area contributed by atoms with Crippen LogP contribution in [0.25, 0.3) is 44.5 Å². The molecule has 9 aliphatic carbocycles. The van der Waals surface area contributed by atoms with Gasteiger partial charge in [-0.15, -0.1) is 0 Å².